The Kier molecular flexibility index (Phi) is 7.44. The summed E-state index contributed by atoms with van der Waals surface area (Å²) in [6.45, 7) is 2.07. The summed E-state index contributed by atoms with van der Waals surface area (Å²) in [5.41, 5.74) is 4.76. The van der Waals surface area contributed by atoms with Crippen LogP contribution in [0.3, 0.4) is 0 Å². The number of pyridine rings is 1. The van der Waals surface area contributed by atoms with Gasteiger partial charge in [0, 0.05) is 25.0 Å². The zero-order valence-corrected chi connectivity index (χ0v) is 16.5. The zero-order valence-electron chi connectivity index (χ0n) is 16.5. The first kappa shape index (κ1) is 22.1. The summed E-state index contributed by atoms with van der Waals surface area (Å²) < 4.78 is 29.7. The summed E-state index contributed by atoms with van der Waals surface area (Å²) in [5.74, 6) is -2.41. The van der Waals surface area contributed by atoms with Gasteiger partial charge in [-0.05, 0) is 24.3 Å². The molecule has 11 heteroatoms. The van der Waals surface area contributed by atoms with Crippen molar-refractivity contribution in [2.75, 3.05) is 31.2 Å². The average Bonchev–Trinajstić information content (AvgIpc) is 2.81. The highest BCUT2D eigenvalue weighted by Gasteiger charge is 2.25. The summed E-state index contributed by atoms with van der Waals surface area (Å²) in [6.07, 6.45) is -2.00. The molecule has 2 aromatic rings. The van der Waals surface area contributed by atoms with Crippen molar-refractivity contribution in [1.82, 2.24) is 20.7 Å². The Bertz CT molecular complexity index is 906. The molecule has 1 aliphatic rings. The summed E-state index contributed by atoms with van der Waals surface area (Å²) in [6, 6.07) is 11.9. The van der Waals surface area contributed by atoms with Gasteiger partial charge in [-0.3, -0.25) is 30.3 Å². The molecule has 1 aliphatic heterocycles. The first-order chi connectivity index (χ1) is 15.0. The molecule has 2 N–H and O–H groups in total. The molecule has 0 saturated carbocycles. The number of rotatable bonds is 5. The van der Waals surface area contributed by atoms with Gasteiger partial charge >= 0.3 is 18.4 Å². The van der Waals surface area contributed by atoms with Crippen molar-refractivity contribution in [3.05, 3.63) is 59.9 Å². The van der Waals surface area contributed by atoms with Gasteiger partial charge in [-0.15, -0.1) is 0 Å². The zero-order chi connectivity index (χ0) is 22.2. The number of nitrogens with one attached hydrogen (secondary N) is 2. The molecule has 9 nitrogen and oxygen atoms in total. The van der Waals surface area contributed by atoms with Gasteiger partial charge in [0.15, 0.2) is 0 Å². The molecule has 0 bridgehead atoms. The first-order valence-electron chi connectivity index (χ1n) is 9.48. The van der Waals surface area contributed by atoms with Gasteiger partial charge in [0.25, 0.3) is 5.91 Å². The maximum absolute atomic E-state index is 13.1. The minimum atomic E-state index is -3.24. The molecule has 31 heavy (non-hydrogen) atoms. The van der Waals surface area contributed by atoms with Gasteiger partial charge in [-0.1, -0.05) is 18.2 Å². The number of morpholine rings is 1. The molecule has 1 aromatic carbocycles. The van der Waals surface area contributed by atoms with Crippen molar-refractivity contribution in [2.45, 2.75) is 13.0 Å². The van der Waals surface area contributed by atoms with Gasteiger partial charge in [0.2, 0.25) is 0 Å². The van der Waals surface area contributed by atoms with Crippen LogP contribution < -0.4 is 15.8 Å². The Hall–Kier alpha value is -3.60. The Morgan fingerprint density at radius 2 is 1.77 bits per heavy atom. The maximum Gasteiger partial charge on any atom is 0.325 e. The first-order valence-corrected chi connectivity index (χ1v) is 9.48. The van der Waals surface area contributed by atoms with Crippen LogP contribution in [0.4, 0.5) is 19.3 Å². The lowest BCUT2D eigenvalue weighted by molar-refractivity contribution is -0.132. The van der Waals surface area contributed by atoms with Crippen LogP contribution in [0.2, 0.25) is 0 Å². The Balaban J connectivity index is 1.70. The van der Waals surface area contributed by atoms with E-state index in [1.165, 1.54) is 12.3 Å². The predicted octanol–water partition coefficient (Wildman–Crippen LogP) is 1.57. The maximum atomic E-state index is 13.1. The van der Waals surface area contributed by atoms with Gasteiger partial charge in [-0.25, -0.2) is 4.79 Å². The van der Waals surface area contributed by atoms with E-state index in [-0.39, 0.29) is 18.1 Å². The second kappa shape index (κ2) is 10.4. The van der Waals surface area contributed by atoms with E-state index in [9.17, 15) is 23.2 Å². The highest BCUT2D eigenvalue weighted by molar-refractivity contribution is 5.95. The van der Waals surface area contributed by atoms with Crippen LogP contribution in [-0.4, -0.2) is 60.5 Å². The summed E-state index contributed by atoms with van der Waals surface area (Å²) >= 11 is 0. The second-order valence-electron chi connectivity index (χ2n) is 6.59. The van der Waals surface area contributed by atoms with E-state index in [0.717, 1.165) is 0 Å². The van der Waals surface area contributed by atoms with Crippen molar-refractivity contribution >= 4 is 23.5 Å². The van der Waals surface area contributed by atoms with Crippen molar-refractivity contribution in [3.8, 4) is 0 Å². The molecule has 0 spiro atoms. The number of hydrogen-bond donors (Lipinski definition) is 2. The number of carbonyl (C=O) groups excluding carboxylic acids is 3. The third-order valence-electron chi connectivity index (χ3n) is 4.48. The van der Waals surface area contributed by atoms with E-state index in [1.807, 2.05) is 35.8 Å². The van der Waals surface area contributed by atoms with Crippen molar-refractivity contribution < 1.29 is 27.9 Å². The number of halogens is 2. The number of aromatic nitrogens is 1. The van der Waals surface area contributed by atoms with Crippen LogP contribution in [0.5, 0.6) is 0 Å². The second-order valence-corrected chi connectivity index (χ2v) is 6.59. The monoisotopic (exact) mass is 433 g/mol. The number of urea groups is 1. The number of benzene rings is 1. The molecular formula is C20H21F2N5O4. The number of anilines is 1. The van der Waals surface area contributed by atoms with E-state index >= 15 is 0 Å². The lowest BCUT2D eigenvalue weighted by Crippen LogP contribution is -2.48. The van der Waals surface area contributed by atoms with Crippen LogP contribution in [0, 0.1) is 0 Å². The van der Waals surface area contributed by atoms with Gasteiger partial charge in [0.1, 0.15) is 0 Å². The SMILES string of the molecule is O=C(NNC(=O)C(F)F)c1ccc(CN(C(=O)N2CCOCC2)c2ccccc2)nc1. The number of carbonyl (C=O) groups is 3. The Labute approximate surface area is 177 Å². The molecule has 0 atom stereocenters. The molecule has 0 aliphatic carbocycles. The fourth-order valence-electron chi connectivity index (χ4n) is 2.86. The number of hydrogen-bond acceptors (Lipinski definition) is 5. The lowest BCUT2D eigenvalue weighted by atomic mass is 10.2. The predicted molar refractivity (Wildman–Crippen MR) is 106 cm³/mol. The van der Waals surface area contributed by atoms with Crippen molar-refractivity contribution in [3.63, 3.8) is 0 Å². The fraction of sp³-hybridized carbons (Fsp3) is 0.300. The molecule has 1 fully saturated rings. The molecule has 2 heterocycles. The van der Waals surface area contributed by atoms with Gasteiger partial charge < -0.3 is 9.64 Å². The van der Waals surface area contributed by atoms with E-state index < -0.39 is 18.2 Å². The third kappa shape index (κ3) is 5.95. The van der Waals surface area contributed by atoms with Crippen molar-refractivity contribution in [2.24, 2.45) is 0 Å². The molecule has 4 amide bonds. The minimum Gasteiger partial charge on any atom is -0.378 e. The Morgan fingerprint density at radius 1 is 1.06 bits per heavy atom. The average molecular weight is 433 g/mol. The number of ether oxygens (including phenoxy) is 1. The van der Waals surface area contributed by atoms with Crippen molar-refractivity contribution in [1.29, 1.82) is 0 Å². The van der Waals surface area contributed by atoms with Gasteiger partial charge in [0.05, 0.1) is 31.0 Å². The summed E-state index contributed by atoms with van der Waals surface area (Å²) in [5, 5.41) is 0. The quantitative estimate of drug-likeness (QED) is 0.697. The molecule has 0 radical (unpaired) electrons. The highest BCUT2D eigenvalue weighted by Crippen LogP contribution is 2.19. The molecule has 0 unspecified atom stereocenters. The molecule has 3 rings (SSSR count). The highest BCUT2D eigenvalue weighted by atomic mass is 19.3. The molecule has 1 aromatic heterocycles. The van der Waals surface area contributed by atoms with Crippen LogP contribution in [-0.2, 0) is 16.1 Å². The normalized spacial score (nSPS) is 13.6. The largest absolute Gasteiger partial charge is 0.378 e. The summed E-state index contributed by atoms with van der Waals surface area (Å²) in [7, 11) is 0. The van der Waals surface area contributed by atoms with E-state index in [1.54, 1.807) is 21.3 Å². The third-order valence-corrected chi connectivity index (χ3v) is 4.48. The fourth-order valence-corrected chi connectivity index (χ4v) is 2.86. The smallest absolute Gasteiger partial charge is 0.325 e. The van der Waals surface area contributed by atoms with Crippen LogP contribution in [0.25, 0.3) is 0 Å². The Morgan fingerprint density at radius 3 is 2.39 bits per heavy atom. The van der Waals surface area contributed by atoms with E-state index in [2.05, 4.69) is 4.98 Å². The molecule has 1 saturated heterocycles. The number of amides is 4. The number of hydrazine groups is 1. The lowest BCUT2D eigenvalue weighted by Gasteiger charge is -2.33. The van der Waals surface area contributed by atoms with Crippen LogP contribution in [0.15, 0.2) is 48.7 Å². The topological polar surface area (TPSA) is 104 Å². The van der Waals surface area contributed by atoms with E-state index in [4.69, 9.17) is 4.74 Å². The molecular weight excluding hydrogens is 412 g/mol. The number of nitrogens with zero attached hydrogens (tertiary/aromatic N) is 3. The minimum absolute atomic E-state index is 0.0593. The number of para-hydroxylation sites is 1. The van der Waals surface area contributed by atoms with E-state index in [0.29, 0.717) is 37.7 Å². The summed E-state index contributed by atoms with van der Waals surface area (Å²) in [4.78, 5) is 43.3. The number of alkyl halides is 2. The van der Waals surface area contributed by atoms with Crippen LogP contribution >= 0.6 is 0 Å². The standard InChI is InChI=1S/C20H21F2N5O4/c21-17(22)19(29)25-24-18(28)14-6-7-15(23-12-14)13-27(16-4-2-1-3-5-16)20(30)26-8-10-31-11-9-26/h1-7,12,17H,8-11,13H2,(H,24,28)(H,25,29). The molecule has 164 valence electrons. The van der Waals surface area contributed by atoms with Crippen LogP contribution in [0.1, 0.15) is 16.1 Å². The van der Waals surface area contributed by atoms with Gasteiger partial charge in [-0.2, -0.15) is 8.78 Å².